The number of sulfonamides is 1. The number of carbonyl (C=O) groups is 1. The summed E-state index contributed by atoms with van der Waals surface area (Å²) in [6.45, 7) is 1.87. The smallest absolute Gasteiger partial charge is 0.257 e. The first-order chi connectivity index (χ1) is 12.8. The maximum Gasteiger partial charge on any atom is 0.257 e. The Hall–Kier alpha value is -2.32. The third-order valence-electron chi connectivity index (χ3n) is 4.51. The van der Waals surface area contributed by atoms with Gasteiger partial charge in [0.1, 0.15) is 5.52 Å². The van der Waals surface area contributed by atoms with Crippen LogP contribution in [0.15, 0.2) is 52.1 Å². The topological polar surface area (TPSA) is 80.5 Å². The van der Waals surface area contributed by atoms with Crippen LogP contribution in [0.25, 0.3) is 11.1 Å². The SMILES string of the molecule is C[C@@H]1Cc2cc(C(=O)CSc3nc4ccccc4o3)ccc2N1S(C)(=O)=O. The van der Waals surface area contributed by atoms with Crippen LogP contribution in [0.1, 0.15) is 22.8 Å². The standard InChI is InChI=1S/C19H18N2O4S2/c1-12-9-14-10-13(7-8-16(14)21(12)27(2,23)24)17(22)11-26-19-20-15-5-3-4-6-18(15)25-19/h3-8,10,12H,9,11H2,1-2H3/t12-/m1/s1. The highest BCUT2D eigenvalue weighted by atomic mass is 32.2. The third-order valence-corrected chi connectivity index (χ3v) is 6.61. The fraction of sp³-hybridized carbons (Fsp3) is 0.263. The third kappa shape index (κ3) is 3.46. The van der Waals surface area contributed by atoms with Gasteiger partial charge in [0.2, 0.25) is 10.0 Å². The number of thioether (sulfide) groups is 1. The number of rotatable bonds is 5. The van der Waals surface area contributed by atoms with E-state index in [4.69, 9.17) is 4.42 Å². The Morgan fingerprint density at radius 1 is 1.30 bits per heavy atom. The lowest BCUT2D eigenvalue weighted by Gasteiger charge is -2.21. The molecule has 3 aromatic rings. The van der Waals surface area contributed by atoms with Crippen molar-refractivity contribution in [2.75, 3.05) is 16.3 Å². The van der Waals surface area contributed by atoms with Crippen molar-refractivity contribution in [2.45, 2.75) is 24.6 Å². The molecule has 0 unspecified atom stereocenters. The Labute approximate surface area is 161 Å². The van der Waals surface area contributed by atoms with Gasteiger partial charge in [-0.25, -0.2) is 13.4 Å². The second-order valence-electron chi connectivity index (χ2n) is 6.61. The molecule has 1 aromatic heterocycles. The van der Waals surface area contributed by atoms with Gasteiger partial charge < -0.3 is 4.42 Å². The van der Waals surface area contributed by atoms with Crippen LogP contribution in [0.3, 0.4) is 0 Å². The predicted octanol–water partition coefficient (Wildman–Crippen LogP) is 3.51. The van der Waals surface area contributed by atoms with E-state index in [2.05, 4.69) is 4.98 Å². The Morgan fingerprint density at radius 3 is 2.81 bits per heavy atom. The molecule has 4 rings (SSSR count). The van der Waals surface area contributed by atoms with E-state index in [-0.39, 0.29) is 17.6 Å². The lowest BCUT2D eigenvalue weighted by Crippen LogP contribution is -2.34. The normalized spacial score (nSPS) is 16.7. The molecule has 0 amide bonds. The molecule has 140 valence electrons. The number of hydrogen-bond acceptors (Lipinski definition) is 6. The summed E-state index contributed by atoms with van der Waals surface area (Å²) in [4.78, 5) is 16.9. The van der Waals surface area contributed by atoms with Crippen LogP contribution in [0.5, 0.6) is 0 Å². The Bertz CT molecular complexity index is 1100. The maximum atomic E-state index is 12.6. The van der Waals surface area contributed by atoms with Crippen molar-refractivity contribution in [2.24, 2.45) is 0 Å². The minimum Gasteiger partial charge on any atom is -0.431 e. The van der Waals surface area contributed by atoms with Gasteiger partial charge in [-0.05, 0) is 49.2 Å². The van der Waals surface area contributed by atoms with Crippen LogP contribution < -0.4 is 4.31 Å². The predicted molar refractivity (Wildman–Crippen MR) is 106 cm³/mol. The Morgan fingerprint density at radius 2 is 2.07 bits per heavy atom. The lowest BCUT2D eigenvalue weighted by atomic mass is 10.0. The monoisotopic (exact) mass is 402 g/mol. The molecule has 2 aromatic carbocycles. The van der Waals surface area contributed by atoms with E-state index in [1.54, 1.807) is 18.2 Å². The molecule has 0 bridgehead atoms. The van der Waals surface area contributed by atoms with E-state index in [1.807, 2.05) is 31.2 Å². The zero-order valence-electron chi connectivity index (χ0n) is 14.9. The Balaban J connectivity index is 1.51. The largest absolute Gasteiger partial charge is 0.431 e. The first-order valence-corrected chi connectivity index (χ1v) is 11.3. The summed E-state index contributed by atoms with van der Waals surface area (Å²) in [6, 6.07) is 12.5. The van der Waals surface area contributed by atoms with Gasteiger partial charge in [-0.2, -0.15) is 0 Å². The van der Waals surface area contributed by atoms with E-state index in [1.165, 1.54) is 22.3 Å². The first kappa shape index (κ1) is 18.1. The van der Waals surface area contributed by atoms with Crippen molar-refractivity contribution in [3.05, 3.63) is 53.6 Å². The summed E-state index contributed by atoms with van der Waals surface area (Å²) in [5.74, 6) is 0.159. The Kier molecular flexibility index (Phi) is 4.47. The zero-order chi connectivity index (χ0) is 19.2. The highest BCUT2D eigenvalue weighted by Crippen LogP contribution is 2.35. The first-order valence-electron chi connectivity index (χ1n) is 8.47. The van der Waals surface area contributed by atoms with Gasteiger partial charge >= 0.3 is 0 Å². The number of nitrogens with zero attached hydrogens (tertiary/aromatic N) is 2. The molecule has 8 heteroatoms. The summed E-state index contributed by atoms with van der Waals surface area (Å²) in [7, 11) is -3.33. The van der Waals surface area contributed by atoms with Crippen molar-refractivity contribution in [1.29, 1.82) is 0 Å². The number of fused-ring (bicyclic) bond motifs is 2. The molecule has 0 spiro atoms. The van der Waals surface area contributed by atoms with Crippen molar-refractivity contribution >= 4 is 44.4 Å². The molecule has 1 aliphatic rings. The minimum atomic E-state index is -3.33. The molecule has 0 N–H and O–H groups in total. The number of hydrogen-bond donors (Lipinski definition) is 0. The number of benzene rings is 2. The van der Waals surface area contributed by atoms with E-state index < -0.39 is 10.0 Å². The number of aromatic nitrogens is 1. The molecule has 0 saturated heterocycles. The van der Waals surface area contributed by atoms with Crippen LogP contribution in [0, 0.1) is 0 Å². The number of anilines is 1. The zero-order valence-corrected chi connectivity index (χ0v) is 16.5. The summed E-state index contributed by atoms with van der Waals surface area (Å²) >= 11 is 1.25. The molecule has 0 radical (unpaired) electrons. The maximum absolute atomic E-state index is 12.6. The van der Waals surface area contributed by atoms with Gasteiger partial charge in [0.05, 0.1) is 17.7 Å². The van der Waals surface area contributed by atoms with E-state index in [0.717, 1.165) is 11.1 Å². The van der Waals surface area contributed by atoms with Crippen LogP contribution in [-0.2, 0) is 16.4 Å². The second kappa shape index (κ2) is 6.69. The molecule has 0 aliphatic carbocycles. The van der Waals surface area contributed by atoms with Crippen molar-refractivity contribution in [3.8, 4) is 0 Å². The molecule has 0 saturated carbocycles. The van der Waals surface area contributed by atoms with Gasteiger partial charge in [0, 0.05) is 11.6 Å². The summed E-state index contributed by atoms with van der Waals surface area (Å²) in [6.07, 6.45) is 1.80. The van der Waals surface area contributed by atoms with Gasteiger partial charge in [0.25, 0.3) is 5.22 Å². The second-order valence-corrected chi connectivity index (χ2v) is 9.40. The quantitative estimate of drug-likeness (QED) is 0.480. The average molecular weight is 402 g/mol. The molecule has 27 heavy (non-hydrogen) atoms. The van der Waals surface area contributed by atoms with Crippen LogP contribution in [0.2, 0.25) is 0 Å². The lowest BCUT2D eigenvalue weighted by molar-refractivity contribution is 0.102. The number of para-hydroxylation sites is 2. The van der Waals surface area contributed by atoms with Gasteiger partial charge in [-0.15, -0.1) is 0 Å². The molecular formula is C19H18N2O4S2. The molecule has 0 fully saturated rings. The summed E-state index contributed by atoms with van der Waals surface area (Å²) < 4.78 is 31.0. The van der Waals surface area contributed by atoms with Crippen molar-refractivity contribution < 1.29 is 17.6 Å². The summed E-state index contributed by atoms with van der Waals surface area (Å²) in [5.41, 5.74) is 3.57. The molecule has 6 nitrogen and oxygen atoms in total. The number of carbonyl (C=O) groups excluding carboxylic acids is 1. The molecule has 2 heterocycles. The van der Waals surface area contributed by atoms with Crippen molar-refractivity contribution in [3.63, 3.8) is 0 Å². The number of Topliss-reactive ketones (excluding diaryl/α,β-unsaturated/α-hetero) is 1. The molecular weight excluding hydrogens is 384 g/mol. The number of ketones is 1. The minimum absolute atomic E-state index is 0.0458. The van der Waals surface area contributed by atoms with E-state index in [9.17, 15) is 13.2 Å². The van der Waals surface area contributed by atoms with Gasteiger partial charge in [0.15, 0.2) is 11.4 Å². The van der Waals surface area contributed by atoms with E-state index >= 15 is 0 Å². The fourth-order valence-electron chi connectivity index (χ4n) is 3.40. The number of oxazole rings is 1. The van der Waals surface area contributed by atoms with Crippen LogP contribution in [-0.4, -0.2) is 37.2 Å². The fourth-order valence-corrected chi connectivity index (χ4v) is 5.40. The molecule has 1 aliphatic heterocycles. The highest BCUT2D eigenvalue weighted by molar-refractivity contribution is 7.99. The summed E-state index contributed by atoms with van der Waals surface area (Å²) in [5, 5.41) is 0.461. The van der Waals surface area contributed by atoms with Crippen molar-refractivity contribution in [1.82, 2.24) is 4.98 Å². The van der Waals surface area contributed by atoms with Gasteiger partial charge in [-0.1, -0.05) is 23.9 Å². The van der Waals surface area contributed by atoms with E-state index in [0.29, 0.717) is 28.5 Å². The van der Waals surface area contributed by atoms with Crippen LogP contribution >= 0.6 is 11.8 Å². The average Bonchev–Trinajstić information content (AvgIpc) is 3.17. The van der Waals surface area contributed by atoms with Crippen LogP contribution in [0.4, 0.5) is 5.69 Å². The highest BCUT2D eigenvalue weighted by Gasteiger charge is 2.32. The molecule has 1 atom stereocenters. The van der Waals surface area contributed by atoms with Gasteiger partial charge in [-0.3, -0.25) is 9.10 Å².